The normalized spacial score (nSPS) is 19.2. The third-order valence-electron chi connectivity index (χ3n) is 5.99. The number of rotatable bonds is 5. The zero-order valence-corrected chi connectivity index (χ0v) is 20.1. The van der Waals surface area contributed by atoms with Crippen LogP contribution in [0.25, 0.3) is 10.4 Å². The predicted octanol–water partition coefficient (Wildman–Crippen LogP) is 2.05. The van der Waals surface area contributed by atoms with Gasteiger partial charge in [0, 0.05) is 58.4 Å². The zero-order valence-electron chi connectivity index (χ0n) is 17.7. The van der Waals surface area contributed by atoms with E-state index in [1.807, 2.05) is 13.1 Å². The Balaban J connectivity index is 0.00000289. The minimum absolute atomic E-state index is 0. The maximum atomic E-state index is 13.4. The molecule has 0 saturated carbocycles. The van der Waals surface area contributed by atoms with Crippen LogP contribution in [0.2, 0.25) is 0 Å². The summed E-state index contributed by atoms with van der Waals surface area (Å²) >= 11 is 1.58. The number of nitrogens with zero attached hydrogens (tertiary/aromatic N) is 3. The minimum Gasteiger partial charge on any atom is -0.381 e. The third kappa shape index (κ3) is 4.50. The number of piperazine rings is 1. The highest BCUT2D eigenvalue weighted by Crippen LogP contribution is 2.35. The van der Waals surface area contributed by atoms with Crippen molar-refractivity contribution >= 4 is 44.8 Å². The Morgan fingerprint density at radius 2 is 1.78 bits per heavy atom. The highest BCUT2D eigenvalue weighted by atomic mass is 35.5. The number of nitrogens with one attached hydrogen (secondary N) is 1. The Labute approximate surface area is 197 Å². The molecule has 0 radical (unpaired) electrons. The number of aryl methyl sites for hydroxylation is 1. The molecular weight excluding hydrogens is 476 g/mol. The van der Waals surface area contributed by atoms with E-state index in [1.165, 1.54) is 9.87 Å². The standard InChI is InChI=1S/C20H26N4O5S2.ClH/c1-15-2-4-16(5-3-15)17-14-21-19(30-17)23-8-10-24(11-9-23)31(27,28)20(18(25)22-26)6-12-29-13-7-20;/h2-5,14,26H,6-13H2,1H3,(H,22,25);1H. The number of hydrogen-bond donors (Lipinski definition) is 2. The summed E-state index contributed by atoms with van der Waals surface area (Å²) in [4.78, 5) is 20.0. The van der Waals surface area contributed by atoms with E-state index >= 15 is 0 Å². The number of hydroxylamine groups is 1. The lowest BCUT2D eigenvalue weighted by Gasteiger charge is -2.41. The second kappa shape index (κ2) is 10.0. The molecule has 2 N–H and O–H groups in total. The first kappa shape index (κ1) is 24.9. The van der Waals surface area contributed by atoms with Crippen LogP contribution in [0.5, 0.6) is 0 Å². The summed E-state index contributed by atoms with van der Waals surface area (Å²) in [7, 11) is -3.97. The summed E-state index contributed by atoms with van der Waals surface area (Å²) in [5.74, 6) is -0.888. The van der Waals surface area contributed by atoms with Gasteiger partial charge in [-0.1, -0.05) is 41.2 Å². The van der Waals surface area contributed by atoms with Crippen LogP contribution in [0, 0.1) is 6.92 Å². The van der Waals surface area contributed by atoms with E-state index in [4.69, 9.17) is 4.74 Å². The number of ether oxygens (including phenoxy) is 1. The molecule has 2 fully saturated rings. The molecule has 4 rings (SSSR count). The number of anilines is 1. The van der Waals surface area contributed by atoms with Crippen LogP contribution in [0.15, 0.2) is 30.5 Å². The molecule has 0 atom stereocenters. The van der Waals surface area contributed by atoms with Gasteiger partial charge in [-0.2, -0.15) is 4.31 Å². The Morgan fingerprint density at radius 1 is 1.16 bits per heavy atom. The fraction of sp³-hybridized carbons (Fsp3) is 0.500. The van der Waals surface area contributed by atoms with E-state index in [9.17, 15) is 18.4 Å². The fourth-order valence-electron chi connectivity index (χ4n) is 4.03. The summed E-state index contributed by atoms with van der Waals surface area (Å²) in [5.41, 5.74) is 3.86. The van der Waals surface area contributed by atoms with Gasteiger partial charge in [0.15, 0.2) is 9.88 Å². The van der Waals surface area contributed by atoms with Crippen molar-refractivity contribution in [3.63, 3.8) is 0 Å². The van der Waals surface area contributed by atoms with Crippen LogP contribution in [0.3, 0.4) is 0 Å². The SMILES string of the molecule is Cc1ccc(-c2cnc(N3CCN(S(=O)(=O)C4(C(=O)NO)CCOCC4)CC3)s2)cc1.Cl. The number of benzene rings is 1. The molecule has 32 heavy (non-hydrogen) atoms. The van der Waals surface area contributed by atoms with Crippen molar-refractivity contribution in [2.45, 2.75) is 24.5 Å². The monoisotopic (exact) mass is 502 g/mol. The Hall–Kier alpha value is -1.76. The van der Waals surface area contributed by atoms with E-state index in [1.54, 1.807) is 16.8 Å². The first-order valence-electron chi connectivity index (χ1n) is 10.2. The molecule has 2 aliphatic heterocycles. The summed E-state index contributed by atoms with van der Waals surface area (Å²) < 4.78 is 31.7. The maximum absolute atomic E-state index is 13.4. The van der Waals surface area contributed by atoms with Gasteiger partial charge in [0.2, 0.25) is 10.0 Å². The van der Waals surface area contributed by atoms with Gasteiger partial charge in [-0.05, 0) is 12.5 Å². The van der Waals surface area contributed by atoms with E-state index < -0.39 is 20.7 Å². The van der Waals surface area contributed by atoms with Gasteiger partial charge in [-0.15, -0.1) is 12.4 Å². The Morgan fingerprint density at radius 3 is 2.38 bits per heavy atom. The molecule has 12 heteroatoms. The van der Waals surface area contributed by atoms with Crippen LogP contribution in [0.1, 0.15) is 18.4 Å². The first-order valence-corrected chi connectivity index (χ1v) is 12.4. The summed E-state index contributed by atoms with van der Waals surface area (Å²) in [6, 6.07) is 8.26. The molecule has 1 aromatic carbocycles. The summed E-state index contributed by atoms with van der Waals surface area (Å²) in [5, 5.41) is 10.0. The van der Waals surface area contributed by atoms with Gasteiger partial charge < -0.3 is 9.64 Å². The summed E-state index contributed by atoms with van der Waals surface area (Å²) in [6.45, 7) is 3.83. The highest BCUT2D eigenvalue weighted by molar-refractivity contribution is 7.91. The van der Waals surface area contributed by atoms with E-state index in [0.29, 0.717) is 13.1 Å². The molecular formula is C20H27ClN4O5S2. The third-order valence-corrected chi connectivity index (χ3v) is 9.72. The smallest absolute Gasteiger partial charge is 0.266 e. The van der Waals surface area contributed by atoms with E-state index in [-0.39, 0.29) is 51.6 Å². The molecule has 3 heterocycles. The average molecular weight is 503 g/mol. The lowest BCUT2D eigenvalue weighted by Crippen LogP contribution is -2.62. The lowest BCUT2D eigenvalue weighted by molar-refractivity contribution is -0.134. The molecule has 0 unspecified atom stereocenters. The molecule has 2 aliphatic rings. The number of carbonyl (C=O) groups is 1. The Kier molecular flexibility index (Phi) is 7.79. The van der Waals surface area contributed by atoms with Crippen LogP contribution < -0.4 is 10.4 Å². The van der Waals surface area contributed by atoms with Crippen LogP contribution >= 0.6 is 23.7 Å². The number of hydrogen-bond acceptors (Lipinski definition) is 8. The first-order chi connectivity index (χ1) is 14.9. The van der Waals surface area contributed by atoms with Gasteiger partial charge >= 0.3 is 0 Å². The molecule has 0 spiro atoms. The quantitative estimate of drug-likeness (QED) is 0.475. The lowest BCUT2D eigenvalue weighted by atomic mass is 9.98. The molecule has 1 amide bonds. The molecule has 0 aliphatic carbocycles. The highest BCUT2D eigenvalue weighted by Gasteiger charge is 2.54. The molecule has 9 nitrogen and oxygen atoms in total. The number of carbonyl (C=O) groups excluding carboxylic acids is 1. The average Bonchev–Trinajstić information content (AvgIpc) is 3.29. The fourth-order valence-corrected chi connectivity index (χ4v) is 7.11. The van der Waals surface area contributed by atoms with Crippen molar-refractivity contribution in [2.75, 3.05) is 44.3 Å². The molecule has 2 saturated heterocycles. The topological polar surface area (TPSA) is 112 Å². The van der Waals surface area contributed by atoms with Crippen molar-refractivity contribution in [1.29, 1.82) is 0 Å². The van der Waals surface area contributed by atoms with Crippen molar-refractivity contribution in [1.82, 2.24) is 14.8 Å². The summed E-state index contributed by atoms with van der Waals surface area (Å²) in [6.07, 6.45) is 1.89. The van der Waals surface area contributed by atoms with Crippen molar-refractivity contribution in [3.05, 3.63) is 36.0 Å². The second-order valence-electron chi connectivity index (χ2n) is 7.81. The van der Waals surface area contributed by atoms with Crippen LogP contribution in [0.4, 0.5) is 5.13 Å². The Bertz CT molecular complexity index is 1030. The van der Waals surface area contributed by atoms with Gasteiger partial charge in [0.25, 0.3) is 5.91 Å². The van der Waals surface area contributed by atoms with Gasteiger partial charge in [-0.25, -0.2) is 18.9 Å². The molecule has 0 bridgehead atoms. The number of sulfonamides is 1. The molecule has 176 valence electrons. The number of halogens is 1. The number of amides is 1. The van der Waals surface area contributed by atoms with Crippen molar-refractivity contribution < 1.29 is 23.2 Å². The minimum atomic E-state index is -3.97. The van der Waals surface area contributed by atoms with E-state index in [2.05, 4.69) is 34.1 Å². The van der Waals surface area contributed by atoms with E-state index in [0.717, 1.165) is 15.6 Å². The van der Waals surface area contributed by atoms with Crippen LogP contribution in [-0.4, -0.2) is 73.0 Å². The van der Waals surface area contributed by atoms with Gasteiger partial charge in [0.05, 0.1) is 4.88 Å². The van der Waals surface area contributed by atoms with Gasteiger partial charge in [0.1, 0.15) is 0 Å². The van der Waals surface area contributed by atoms with Crippen molar-refractivity contribution in [3.8, 4) is 10.4 Å². The second-order valence-corrected chi connectivity index (χ2v) is 11.1. The zero-order chi connectivity index (χ0) is 22.1. The maximum Gasteiger partial charge on any atom is 0.266 e. The van der Waals surface area contributed by atoms with Crippen LogP contribution in [-0.2, 0) is 19.6 Å². The molecule has 1 aromatic heterocycles. The number of thiazole rings is 1. The molecule has 2 aromatic rings. The predicted molar refractivity (Wildman–Crippen MR) is 125 cm³/mol. The largest absolute Gasteiger partial charge is 0.381 e. The van der Waals surface area contributed by atoms with Crippen molar-refractivity contribution in [2.24, 2.45) is 0 Å². The number of aromatic nitrogens is 1. The van der Waals surface area contributed by atoms with Gasteiger partial charge in [-0.3, -0.25) is 10.0 Å².